The number of hydrogen-bond donors (Lipinski definition) is 2. The predicted octanol–water partition coefficient (Wildman–Crippen LogP) is -0.479. The minimum Gasteiger partial charge on any atom is -0.482 e. The van der Waals surface area contributed by atoms with Gasteiger partial charge in [0, 0.05) is 7.05 Å². The van der Waals surface area contributed by atoms with Gasteiger partial charge in [0.1, 0.15) is 11.8 Å². The van der Waals surface area contributed by atoms with Gasteiger partial charge in [-0.25, -0.2) is 0 Å². The molecule has 1 fully saturated rings. The van der Waals surface area contributed by atoms with Crippen LogP contribution in [0.4, 0.5) is 5.69 Å². The van der Waals surface area contributed by atoms with Gasteiger partial charge in [0.25, 0.3) is 11.8 Å². The lowest BCUT2D eigenvalue weighted by molar-refractivity contribution is -0.138. The highest BCUT2D eigenvalue weighted by Gasteiger charge is 2.36. The molecule has 1 aromatic carbocycles. The Kier molecular flexibility index (Phi) is 3.88. The van der Waals surface area contributed by atoms with Gasteiger partial charge in [0.2, 0.25) is 5.91 Å². The van der Waals surface area contributed by atoms with Gasteiger partial charge in [-0.15, -0.1) is 0 Å². The van der Waals surface area contributed by atoms with E-state index in [2.05, 4.69) is 5.32 Å². The van der Waals surface area contributed by atoms with Gasteiger partial charge in [-0.2, -0.15) is 0 Å². The third-order valence-corrected chi connectivity index (χ3v) is 2.99. The fourth-order valence-electron chi connectivity index (χ4n) is 1.86. The Morgan fingerprint density at radius 1 is 1.45 bits per heavy atom. The molecule has 3 N–H and O–H groups in total. The Morgan fingerprint density at radius 2 is 2.15 bits per heavy atom. The maximum atomic E-state index is 11.7. The van der Waals surface area contributed by atoms with E-state index in [1.807, 2.05) is 0 Å². The highest BCUT2D eigenvalue weighted by Crippen LogP contribution is 2.19. The SMILES string of the molecule is CN1C(=O)CC(NC(=O)COc2ccccc2N)C1=O. The number of benzene rings is 1. The molecule has 2 rings (SSSR count). The number of hydrogen-bond acceptors (Lipinski definition) is 5. The van der Waals surface area contributed by atoms with E-state index in [0.717, 1.165) is 4.90 Å². The van der Waals surface area contributed by atoms with Crippen molar-refractivity contribution >= 4 is 23.4 Å². The Balaban J connectivity index is 1.86. The van der Waals surface area contributed by atoms with E-state index >= 15 is 0 Å². The van der Waals surface area contributed by atoms with Gasteiger partial charge in [-0.3, -0.25) is 19.3 Å². The summed E-state index contributed by atoms with van der Waals surface area (Å²) in [7, 11) is 1.39. The molecule has 0 spiro atoms. The van der Waals surface area contributed by atoms with E-state index in [1.54, 1.807) is 24.3 Å². The molecule has 0 bridgehead atoms. The number of imide groups is 1. The van der Waals surface area contributed by atoms with Crippen molar-refractivity contribution in [3.63, 3.8) is 0 Å². The average molecular weight is 277 g/mol. The summed E-state index contributed by atoms with van der Waals surface area (Å²) in [5.74, 6) is -0.806. The number of likely N-dealkylation sites (tertiary alicyclic amines) is 1. The topological polar surface area (TPSA) is 102 Å². The summed E-state index contributed by atoms with van der Waals surface area (Å²) in [5, 5.41) is 2.46. The molecule has 0 aromatic heterocycles. The molecular weight excluding hydrogens is 262 g/mol. The molecule has 1 aliphatic heterocycles. The van der Waals surface area contributed by atoms with Crippen LogP contribution in [0, 0.1) is 0 Å². The summed E-state index contributed by atoms with van der Waals surface area (Å²) in [4.78, 5) is 35.6. The molecule has 7 heteroatoms. The number of ether oxygens (including phenoxy) is 1. The fraction of sp³-hybridized carbons (Fsp3) is 0.308. The minimum absolute atomic E-state index is 0.0193. The molecule has 20 heavy (non-hydrogen) atoms. The third kappa shape index (κ3) is 2.87. The summed E-state index contributed by atoms with van der Waals surface area (Å²) < 4.78 is 5.25. The number of nitrogens with one attached hydrogen (secondary N) is 1. The van der Waals surface area contributed by atoms with Crippen LogP contribution in [-0.4, -0.2) is 42.3 Å². The zero-order valence-corrected chi connectivity index (χ0v) is 11.0. The number of carbonyl (C=O) groups is 3. The second-order valence-corrected chi connectivity index (χ2v) is 4.44. The minimum atomic E-state index is -0.809. The van der Waals surface area contributed by atoms with Gasteiger partial charge >= 0.3 is 0 Å². The molecule has 0 saturated carbocycles. The van der Waals surface area contributed by atoms with Crippen LogP contribution in [0.5, 0.6) is 5.75 Å². The van der Waals surface area contributed by atoms with Crippen molar-refractivity contribution in [2.45, 2.75) is 12.5 Å². The number of likely N-dealkylation sites (N-methyl/N-ethyl adjacent to an activating group) is 1. The summed E-state index contributed by atoms with van der Waals surface area (Å²) in [6.07, 6.45) is -0.0193. The number of para-hydroxylation sites is 2. The molecule has 0 aliphatic carbocycles. The molecule has 1 saturated heterocycles. The highest BCUT2D eigenvalue weighted by molar-refractivity contribution is 6.06. The molecular formula is C13H15N3O4. The number of nitrogens with zero attached hydrogens (tertiary/aromatic N) is 1. The normalized spacial score (nSPS) is 18.2. The second kappa shape index (κ2) is 5.60. The Morgan fingerprint density at radius 3 is 2.75 bits per heavy atom. The summed E-state index contributed by atoms with van der Waals surface area (Å²) >= 11 is 0. The first-order valence-corrected chi connectivity index (χ1v) is 6.06. The Labute approximate surface area is 115 Å². The van der Waals surface area contributed by atoms with Crippen LogP contribution in [0.2, 0.25) is 0 Å². The molecule has 7 nitrogen and oxygen atoms in total. The third-order valence-electron chi connectivity index (χ3n) is 2.99. The smallest absolute Gasteiger partial charge is 0.258 e. The monoisotopic (exact) mass is 277 g/mol. The number of carbonyl (C=O) groups excluding carboxylic acids is 3. The van der Waals surface area contributed by atoms with Crippen LogP contribution >= 0.6 is 0 Å². The maximum absolute atomic E-state index is 11.7. The van der Waals surface area contributed by atoms with Crippen molar-refractivity contribution in [1.82, 2.24) is 10.2 Å². The van der Waals surface area contributed by atoms with Crippen LogP contribution in [-0.2, 0) is 14.4 Å². The highest BCUT2D eigenvalue weighted by atomic mass is 16.5. The van der Waals surface area contributed by atoms with Gasteiger partial charge in [0.05, 0.1) is 12.1 Å². The van der Waals surface area contributed by atoms with Crippen molar-refractivity contribution in [2.24, 2.45) is 0 Å². The lowest BCUT2D eigenvalue weighted by Gasteiger charge is -2.12. The number of amides is 3. The standard InChI is InChI=1S/C13H15N3O4/c1-16-12(18)6-9(13(16)19)15-11(17)7-20-10-5-3-2-4-8(10)14/h2-5,9H,6-7,14H2,1H3,(H,15,17). The first kappa shape index (κ1) is 13.9. The number of nitrogens with two attached hydrogens (primary N) is 1. The number of nitrogen functional groups attached to an aromatic ring is 1. The molecule has 3 amide bonds. The van der Waals surface area contributed by atoms with Gasteiger partial charge < -0.3 is 15.8 Å². The van der Waals surface area contributed by atoms with Gasteiger partial charge in [-0.1, -0.05) is 12.1 Å². The maximum Gasteiger partial charge on any atom is 0.258 e. The van der Waals surface area contributed by atoms with E-state index in [9.17, 15) is 14.4 Å². The first-order chi connectivity index (χ1) is 9.49. The molecule has 0 radical (unpaired) electrons. The van der Waals surface area contributed by atoms with Crippen molar-refractivity contribution in [3.8, 4) is 5.75 Å². The van der Waals surface area contributed by atoms with Crippen LogP contribution in [0.25, 0.3) is 0 Å². The molecule has 106 valence electrons. The Hall–Kier alpha value is -2.57. The van der Waals surface area contributed by atoms with E-state index in [1.165, 1.54) is 7.05 Å². The summed E-state index contributed by atoms with van der Waals surface area (Å²) in [6, 6.07) is 5.97. The lowest BCUT2D eigenvalue weighted by atomic mass is 10.2. The molecule has 1 aliphatic rings. The van der Waals surface area contributed by atoms with E-state index in [-0.39, 0.29) is 18.9 Å². The van der Waals surface area contributed by atoms with Gasteiger partial charge in [0.15, 0.2) is 6.61 Å². The van der Waals surface area contributed by atoms with E-state index < -0.39 is 17.9 Å². The van der Waals surface area contributed by atoms with Crippen molar-refractivity contribution in [1.29, 1.82) is 0 Å². The average Bonchev–Trinajstić information content (AvgIpc) is 2.65. The molecule has 1 atom stereocenters. The van der Waals surface area contributed by atoms with Crippen LogP contribution in [0.15, 0.2) is 24.3 Å². The first-order valence-electron chi connectivity index (χ1n) is 6.06. The summed E-state index contributed by atoms with van der Waals surface area (Å²) in [5.41, 5.74) is 6.09. The summed E-state index contributed by atoms with van der Waals surface area (Å²) in [6.45, 7) is -0.268. The van der Waals surface area contributed by atoms with E-state index in [4.69, 9.17) is 10.5 Å². The molecule has 1 aromatic rings. The molecule has 1 heterocycles. The number of rotatable bonds is 4. The number of anilines is 1. The zero-order chi connectivity index (χ0) is 14.7. The van der Waals surface area contributed by atoms with Crippen LogP contribution < -0.4 is 15.8 Å². The van der Waals surface area contributed by atoms with Gasteiger partial charge in [-0.05, 0) is 12.1 Å². The van der Waals surface area contributed by atoms with Crippen molar-refractivity contribution < 1.29 is 19.1 Å². The van der Waals surface area contributed by atoms with Crippen molar-refractivity contribution in [2.75, 3.05) is 19.4 Å². The van der Waals surface area contributed by atoms with Crippen LogP contribution in [0.3, 0.4) is 0 Å². The van der Waals surface area contributed by atoms with Crippen molar-refractivity contribution in [3.05, 3.63) is 24.3 Å². The quantitative estimate of drug-likeness (QED) is 0.572. The molecule has 1 unspecified atom stereocenters. The lowest BCUT2D eigenvalue weighted by Crippen LogP contribution is -2.42. The largest absolute Gasteiger partial charge is 0.482 e. The zero-order valence-electron chi connectivity index (χ0n) is 11.0. The predicted molar refractivity (Wildman–Crippen MR) is 70.7 cm³/mol. The fourth-order valence-corrected chi connectivity index (χ4v) is 1.86. The Bertz CT molecular complexity index is 558. The van der Waals surface area contributed by atoms with E-state index in [0.29, 0.717) is 11.4 Å². The second-order valence-electron chi connectivity index (χ2n) is 4.44. The van der Waals surface area contributed by atoms with Crippen LogP contribution in [0.1, 0.15) is 6.42 Å².